The third-order valence-electron chi connectivity index (χ3n) is 5.32. The Hall–Kier alpha value is -3.47. The second-order valence-corrected chi connectivity index (χ2v) is 7.56. The maximum absolute atomic E-state index is 13.6. The highest BCUT2D eigenvalue weighted by atomic mass is 19.1. The minimum absolute atomic E-state index is 0.157. The van der Waals surface area contributed by atoms with Gasteiger partial charge in [-0.15, -0.1) is 0 Å². The van der Waals surface area contributed by atoms with Crippen molar-refractivity contribution in [3.05, 3.63) is 77.3 Å². The number of amides is 1. The molecule has 0 unspecified atom stereocenters. The van der Waals surface area contributed by atoms with Crippen LogP contribution >= 0.6 is 0 Å². The minimum Gasteiger partial charge on any atom is -0.457 e. The van der Waals surface area contributed by atoms with Crippen molar-refractivity contribution < 1.29 is 18.4 Å². The van der Waals surface area contributed by atoms with Gasteiger partial charge in [0.15, 0.2) is 5.78 Å². The first kappa shape index (κ1) is 17.6. The number of carbonyl (C=O) groups excluding carboxylic acids is 2. The first-order valence-electron chi connectivity index (χ1n) is 9.63. The molecule has 1 aliphatic heterocycles. The summed E-state index contributed by atoms with van der Waals surface area (Å²) in [7, 11) is 0. The summed E-state index contributed by atoms with van der Waals surface area (Å²) in [5.74, 6) is 1.09. The van der Waals surface area contributed by atoms with Crippen molar-refractivity contribution >= 4 is 29.0 Å². The summed E-state index contributed by atoms with van der Waals surface area (Å²) in [6.07, 6.45) is 4.49. The third-order valence-corrected chi connectivity index (χ3v) is 5.32. The average Bonchev–Trinajstić information content (AvgIpc) is 3.31. The molecule has 1 aromatic heterocycles. The molecule has 1 saturated carbocycles. The van der Waals surface area contributed by atoms with Gasteiger partial charge >= 0.3 is 0 Å². The molecule has 1 amide bonds. The summed E-state index contributed by atoms with van der Waals surface area (Å²) >= 11 is 0. The standard InChI is InChI=1S/C24H18FNO3/c25-17-6-8-21-19(12-17)20(24(28)26-21)13-18-7-9-23(29-18)16-3-1-2-15(11-16)22(27)10-14-4-5-14/h1-3,6-9,11-14H,4-5,10H2,(H,26,28)/b20-13+. The highest BCUT2D eigenvalue weighted by molar-refractivity contribution is 6.34. The minimum atomic E-state index is -0.404. The lowest BCUT2D eigenvalue weighted by Crippen LogP contribution is -2.03. The van der Waals surface area contributed by atoms with E-state index >= 15 is 0 Å². The van der Waals surface area contributed by atoms with Crippen molar-refractivity contribution in [2.24, 2.45) is 5.92 Å². The van der Waals surface area contributed by atoms with Gasteiger partial charge in [0.05, 0.1) is 5.57 Å². The number of furan rings is 1. The second-order valence-electron chi connectivity index (χ2n) is 7.56. The number of ketones is 1. The quantitative estimate of drug-likeness (QED) is 0.460. The van der Waals surface area contributed by atoms with E-state index in [-0.39, 0.29) is 11.7 Å². The summed E-state index contributed by atoms with van der Waals surface area (Å²) < 4.78 is 19.5. The molecule has 2 heterocycles. The van der Waals surface area contributed by atoms with Gasteiger partial charge in [0.1, 0.15) is 17.3 Å². The molecule has 5 rings (SSSR count). The monoisotopic (exact) mass is 387 g/mol. The van der Waals surface area contributed by atoms with E-state index in [1.807, 2.05) is 24.3 Å². The van der Waals surface area contributed by atoms with Crippen molar-refractivity contribution in [1.29, 1.82) is 0 Å². The summed E-state index contributed by atoms with van der Waals surface area (Å²) in [6, 6.07) is 15.1. The van der Waals surface area contributed by atoms with E-state index in [1.165, 1.54) is 12.1 Å². The second kappa shape index (κ2) is 6.85. The van der Waals surface area contributed by atoms with E-state index in [0.29, 0.717) is 46.2 Å². The molecule has 0 saturated heterocycles. The Morgan fingerprint density at radius 2 is 2.00 bits per heavy atom. The topological polar surface area (TPSA) is 59.3 Å². The lowest BCUT2D eigenvalue weighted by molar-refractivity contribution is -0.110. The van der Waals surface area contributed by atoms with Gasteiger partial charge in [0, 0.05) is 28.8 Å². The lowest BCUT2D eigenvalue weighted by atomic mass is 10.0. The Kier molecular flexibility index (Phi) is 4.16. The van der Waals surface area contributed by atoms with Gasteiger partial charge in [-0.05, 0) is 61.2 Å². The molecule has 4 nitrogen and oxygen atoms in total. The predicted octanol–water partition coefficient (Wildman–Crippen LogP) is 5.56. The van der Waals surface area contributed by atoms with Gasteiger partial charge in [-0.2, -0.15) is 0 Å². The average molecular weight is 387 g/mol. The largest absolute Gasteiger partial charge is 0.457 e. The number of halogens is 1. The molecule has 0 spiro atoms. The van der Waals surface area contributed by atoms with E-state index in [1.54, 1.807) is 24.3 Å². The van der Waals surface area contributed by atoms with Crippen LogP contribution in [0.4, 0.5) is 10.1 Å². The highest BCUT2D eigenvalue weighted by Gasteiger charge is 2.26. The number of hydrogen-bond donors (Lipinski definition) is 1. The van der Waals surface area contributed by atoms with Crippen LogP contribution in [0, 0.1) is 11.7 Å². The number of hydrogen-bond acceptors (Lipinski definition) is 3. The zero-order chi connectivity index (χ0) is 20.0. The Labute approximate surface area is 167 Å². The third kappa shape index (κ3) is 3.51. The molecule has 1 N–H and O–H groups in total. The fourth-order valence-corrected chi connectivity index (χ4v) is 3.58. The Morgan fingerprint density at radius 3 is 2.83 bits per heavy atom. The van der Waals surface area contributed by atoms with E-state index in [9.17, 15) is 14.0 Å². The predicted molar refractivity (Wildman–Crippen MR) is 109 cm³/mol. The first-order valence-corrected chi connectivity index (χ1v) is 9.63. The molecule has 1 fully saturated rings. The Balaban J connectivity index is 1.43. The number of Topliss-reactive ketones (excluding diaryl/α,β-unsaturated/α-hetero) is 1. The molecule has 5 heteroatoms. The van der Waals surface area contributed by atoms with E-state index in [0.717, 1.165) is 18.4 Å². The molecule has 0 radical (unpaired) electrons. The van der Waals surface area contributed by atoms with E-state index in [2.05, 4.69) is 5.32 Å². The highest BCUT2D eigenvalue weighted by Crippen LogP contribution is 2.35. The molecule has 2 aliphatic rings. The van der Waals surface area contributed by atoms with Crippen LogP contribution in [0.15, 0.2) is 59.0 Å². The molecular formula is C24H18FNO3. The number of carbonyl (C=O) groups is 2. The van der Waals surface area contributed by atoms with Gasteiger partial charge in [0.25, 0.3) is 5.91 Å². The van der Waals surface area contributed by atoms with Crippen LogP contribution in [0.2, 0.25) is 0 Å². The summed E-state index contributed by atoms with van der Waals surface area (Å²) in [5.41, 5.74) is 2.94. The van der Waals surface area contributed by atoms with Crippen LogP contribution < -0.4 is 5.32 Å². The molecule has 29 heavy (non-hydrogen) atoms. The van der Waals surface area contributed by atoms with Crippen LogP contribution in [0.25, 0.3) is 23.0 Å². The van der Waals surface area contributed by atoms with Crippen LogP contribution in [0.5, 0.6) is 0 Å². The number of nitrogens with one attached hydrogen (secondary N) is 1. The van der Waals surface area contributed by atoms with Crippen molar-refractivity contribution in [1.82, 2.24) is 0 Å². The smallest absolute Gasteiger partial charge is 0.256 e. The zero-order valence-corrected chi connectivity index (χ0v) is 15.6. The fourth-order valence-electron chi connectivity index (χ4n) is 3.58. The summed E-state index contributed by atoms with van der Waals surface area (Å²) in [5, 5.41) is 2.72. The molecule has 2 aromatic carbocycles. The number of fused-ring (bicyclic) bond motifs is 1. The summed E-state index contributed by atoms with van der Waals surface area (Å²) in [4.78, 5) is 24.6. The number of rotatable bonds is 5. The van der Waals surface area contributed by atoms with Gasteiger partial charge in [-0.3, -0.25) is 9.59 Å². The van der Waals surface area contributed by atoms with Crippen LogP contribution in [-0.2, 0) is 4.79 Å². The van der Waals surface area contributed by atoms with Crippen molar-refractivity contribution in [3.8, 4) is 11.3 Å². The van der Waals surface area contributed by atoms with Crippen molar-refractivity contribution in [3.63, 3.8) is 0 Å². The van der Waals surface area contributed by atoms with E-state index < -0.39 is 5.82 Å². The molecular weight excluding hydrogens is 369 g/mol. The molecule has 0 atom stereocenters. The Morgan fingerprint density at radius 1 is 1.14 bits per heavy atom. The molecule has 1 aliphatic carbocycles. The molecule has 144 valence electrons. The van der Waals surface area contributed by atoms with Gasteiger partial charge in [-0.1, -0.05) is 18.2 Å². The maximum Gasteiger partial charge on any atom is 0.256 e. The Bertz CT molecular complexity index is 1170. The van der Waals surface area contributed by atoms with Crippen molar-refractivity contribution in [2.45, 2.75) is 19.3 Å². The maximum atomic E-state index is 13.6. The van der Waals surface area contributed by atoms with Crippen molar-refractivity contribution in [2.75, 3.05) is 5.32 Å². The SMILES string of the molecule is O=C1Nc2ccc(F)cc2/C1=C\c1ccc(-c2cccc(C(=O)CC3CC3)c2)o1. The van der Waals surface area contributed by atoms with Crippen LogP contribution in [0.3, 0.4) is 0 Å². The van der Waals surface area contributed by atoms with E-state index in [4.69, 9.17) is 4.42 Å². The van der Waals surface area contributed by atoms with Gasteiger partial charge < -0.3 is 9.73 Å². The summed E-state index contributed by atoms with van der Waals surface area (Å²) in [6.45, 7) is 0. The lowest BCUT2D eigenvalue weighted by Gasteiger charge is -2.03. The molecule has 0 bridgehead atoms. The van der Waals surface area contributed by atoms with Gasteiger partial charge in [0.2, 0.25) is 0 Å². The molecule has 3 aromatic rings. The first-order chi connectivity index (χ1) is 14.1. The number of benzene rings is 2. The number of anilines is 1. The van der Waals surface area contributed by atoms with Crippen LogP contribution in [0.1, 0.15) is 40.9 Å². The fraction of sp³-hybridized carbons (Fsp3) is 0.167. The van der Waals surface area contributed by atoms with Crippen LogP contribution in [-0.4, -0.2) is 11.7 Å². The normalized spacial score (nSPS) is 16.7. The zero-order valence-electron chi connectivity index (χ0n) is 15.6. The van der Waals surface area contributed by atoms with Gasteiger partial charge in [-0.25, -0.2) is 4.39 Å².